The first-order valence-corrected chi connectivity index (χ1v) is 9.21. The van der Waals surface area contributed by atoms with Crippen LogP contribution >= 0.6 is 0 Å². The SMILES string of the molecule is N[C@H](C(=O)N1CC(F)C1)[C@H]1CCc2cc(-c3ccc4nncn4c3)ccc21. The number of carbonyl (C=O) groups excluding carboxylic acids is 1. The minimum absolute atomic E-state index is 0.000500. The number of aromatic nitrogens is 3. The molecule has 2 N–H and O–H groups in total. The number of likely N-dealkylation sites (tertiary alicyclic amines) is 1. The minimum atomic E-state index is -0.900. The number of alkyl halides is 1. The minimum Gasteiger partial charge on any atom is -0.335 e. The molecule has 7 heteroatoms. The molecule has 6 nitrogen and oxygen atoms in total. The van der Waals surface area contributed by atoms with Crippen LogP contribution in [0.2, 0.25) is 0 Å². The van der Waals surface area contributed by atoms with Crippen LogP contribution in [0.5, 0.6) is 0 Å². The van der Waals surface area contributed by atoms with Crippen LogP contribution in [0, 0.1) is 0 Å². The molecule has 1 saturated heterocycles. The third kappa shape index (κ3) is 2.70. The lowest BCUT2D eigenvalue weighted by atomic mass is 9.91. The molecule has 3 aromatic rings. The lowest BCUT2D eigenvalue weighted by Gasteiger charge is -2.37. The van der Waals surface area contributed by atoms with E-state index in [9.17, 15) is 9.18 Å². The maximum absolute atomic E-state index is 13.0. The van der Waals surface area contributed by atoms with E-state index in [1.807, 2.05) is 22.7 Å². The molecule has 0 unspecified atom stereocenters. The Bertz CT molecular complexity index is 1030. The van der Waals surface area contributed by atoms with Gasteiger partial charge in [-0.05, 0) is 47.2 Å². The number of halogens is 1. The van der Waals surface area contributed by atoms with Crippen molar-refractivity contribution in [1.29, 1.82) is 0 Å². The number of nitrogens with zero attached hydrogens (tertiary/aromatic N) is 4. The largest absolute Gasteiger partial charge is 0.335 e. The first-order valence-electron chi connectivity index (χ1n) is 9.21. The number of pyridine rings is 1. The molecule has 138 valence electrons. The van der Waals surface area contributed by atoms with Crippen molar-refractivity contribution < 1.29 is 9.18 Å². The van der Waals surface area contributed by atoms with Gasteiger partial charge >= 0.3 is 0 Å². The Labute approximate surface area is 155 Å². The summed E-state index contributed by atoms with van der Waals surface area (Å²) < 4.78 is 14.9. The van der Waals surface area contributed by atoms with Crippen molar-refractivity contribution in [3.63, 3.8) is 0 Å². The second-order valence-corrected chi connectivity index (χ2v) is 7.44. The van der Waals surface area contributed by atoms with Gasteiger partial charge in [0.15, 0.2) is 5.65 Å². The Morgan fingerprint density at radius 1 is 1.22 bits per heavy atom. The highest BCUT2D eigenvalue weighted by molar-refractivity contribution is 5.84. The fourth-order valence-corrected chi connectivity index (χ4v) is 4.19. The van der Waals surface area contributed by atoms with Gasteiger partial charge in [0.1, 0.15) is 12.5 Å². The Hall–Kier alpha value is -2.80. The van der Waals surface area contributed by atoms with E-state index in [-0.39, 0.29) is 24.9 Å². The zero-order valence-corrected chi connectivity index (χ0v) is 14.8. The first-order chi connectivity index (χ1) is 13.1. The highest BCUT2D eigenvalue weighted by Crippen LogP contribution is 2.38. The quantitative estimate of drug-likeness (QED) is 0.770. The summed E-state index contributed by atoms with van der Waals surface area (Å²) in [7, 11) is 0. The summed E-state index contributed by atoms with van der Waals surface area (Å²) in [6.45, 7) is 0.354. The van der Waals surface area contributed by atoms with Crippen molar-refractivity contribution >= 4 is 11.6 Å². The summed E-state index contributed by atoms with van der Waals surface area (Å²) in [6.07, 6.45) is 4.54. The van der Waals surface area contributed by atoms with E-state index in [1.165, 1.54) is 10.5 Å². The molecule has 1 aliphatic carbocycles. The molecule has 5 rings (SSSR count). The van der Waals surface area contributed by atoms with Gasteiger partial charge in [-0.1, -0.05) is 18.2 Å². The van der Waals surface area contributed by atoms with Gasteiger partial charge < -0.3 is 10.6 Å². The van der Waals surface area contributed by atoms with Gasteiger partial charge in [0.05, 0.1) is 19.1 Å². The molecule has 1 fully saturated rings. The molecule has 27 heavy (non-hydrogen) atoms. The smallest absolute Gasteiger partial charge is 0.240 e. The average Bonchev–Trinajstić information content (AvgIpc) is 3.29. The Morgan fingerprint density at radius 3 is 2.85 bits per heavy atom. The van der Waals surface area contributed by atoms with Crippen LogP contribution in [0.25, 0.3) is 16.8 Å². The van der Waals surface area contributed by atoms with E-state index in [0.717, 1.165) is 35.2 Å². The predicted octanol–water partition coefficient (Wildman–Crippen LogP) is 1.93. The number of aryl methyl sites for hydroxylation is 1. The maximum Gasteiger partial charge on any atom is 0.240 e. The fraction of sp³-hybridized carbons (Fsp3) is 0.350. The first kappa shape index (κ1) is 16.4. The van der Waals surface area contributed by atoms with Crippen molar-refractivity contribution in [2.24, 2.45) is 5.73 Å². The molecule has 0 saturated carbocycles. The average molecular weight is 365 g/mol. The number of hydrogen-bond acceptors (Lipinski definition) is 4. The van der Waals surface area contributed by atoms with E-state index < -0.39 is 12.2 Å². The molecule has 0 radical (unpaired) electrons. The molecule has 2 aliphatic rings. The van der Waals surface area contributed by atoms with Gasteiger partial charge in [-0.25, -0.2) is 4.39 Å². The number of carbonyl (C=O) groups is 1. The van der Waals surface area contributed by atoms with Crippen LogP contribution in [-0.2, 0) is 11.2 Å². The van der Waals surface area contributed by atoms with Crippen LogP contribution in [0.3, 0.4) is 0 Å². The third-order valence-electron chi connectivity index (χ3n) is 5.76. The van der Waals surface area contributed by atoms with E-state index >= 15 is 0 Å². The zero-order valence-electron chi connectivity index (χ0n) is 14.8. The van der Waals surface area contributed by atoms with Crippen molar-refractivity contribution in [2.45, 2.75) is 31.0 Å². The zero-order chi connectivity index (χ0) is 18.5. The number of nitrogens with two attached hydrogens (primary N) is 1. The molecule has 3 heterocycles. The van der Waals surface area contributed by atoms with Crippen LogP contribution in [0.15, 0.2) is 42.9 Å². The van der Waals surface area contributed by atoms with E-state index in [1.54, 1.807) is 6.33 Å². The summed E-state index contributed by atoms with van der Waals surface area (Å²) in [5.41, 5.74) is 11.7. The molecule has 0 bridgehead atoms. The standard InChI is InChI=1S/C20H20FN5O/c21-15-9-25(10-15)20(27)19(22)17-5-2-13-7-12(1-4-16(13)17)14-3-6-18-24-23-11-26(18)8-14/h1,3-4,6-8,11,15,17,19H,2,5,9-10,22H2/t17-,19-/m0/s1. The van der Waals surface area contributed by atoms with Crippen molar-refractivity contribution in [2.75, 3.05) is 13.1 Å². The Morgan fingerprint density at radius 2 is 2.04 bits per heavy atom. The normalized spacial score (nSPS) is 20.5. The molecular weight excluding hydrogens is 345 g/mol. The molecule has 2 aromatic heterocycles. The van der Waals surface area contributed by atoms with Gasteiger partial charge in [0, 0.05) is 12.1 Å². The molecule has 1 aliphatic heterocycles. The number of fused-ring (bicyclic) bond motifs is 2. The van der Waals surface area contributed by atoms with Gasteiger partial charge in [0.25, 0.3) is 0 Å². The van der Waals surface area contributed by atoms with Crippen molar-refractivity contribution in [1.82, 2.24) is 19.5 Å². The van der Waals surface area contributed by atoms with E-state index in [0.29, 0.717) is 0 Å². The lowest BCUT2D eigenvalue weighted by Crippen LogP contribution is -2.57. The Kier molecular flexibility index (Phi) is 3.72. The van der Waals surface area contributed by atoms with Crippen LogP contribution in [-0.4, -0.2) is 50.7 Å². The highest BCUT2D eigenvalue weighted by atomic mass is 19.1. The highest BCUT2D eigenvalue weighted by Gasteiger charge is 2.38. The molecule has 1 amide bonds. The second kappa shape index (κ2) is 6.13. The second-order valence-electron chi connectivity index (χ2n) is 7.44. The topological polar surface area (TPSA) is 76.5 Å². The van der Waals surface area contributed by atoms with Crippen molar-refractivity contribution in [3.8, 4) is 11.1 Å². The number of rotatable bonds is 3. The summed E-state index contributed by atoms with van der Waals surface area (Å²) in [4.78, 5) is 14.0. The molecule has 2 atom stereocenters. The van der Waals surface area contributed by atoms with Gasteiger partial charge in [-0.15, -0.1) is 10.2 Å². The maximum atomic E-state index is 13.0. The fourth-order valence-electron chi connectivity index (χ4n) is 4.19. The number of amides is 1. The lowest BCUT2D eigenvalue weighted by molar-refractivity contribution is -0.140. The van der Waals surface area contributed by atoms with Gasteiger partial charge in [-0.3, -0.25) is 9.20 Å². The predicted molar refractivity (Wildman–Crippen MR) is 98.9 cm³/mol. The molecular formula is C20H20FN5O. The monoisotopic (exact) mass is 365 g/mol. The summed E-state index contributed by atoms with van der Waals surface area (Å²) in [5, 5.41) is 7.94. The van der Waals surface area contributed by atoms with Crippen LogP contribution < -0.4 is 5.73 Å². The van der Waals surface area contributed by atoms with Gasteiger partial charge in [0.2, 0.25) is 5.91 Å². The van der Waals surface area contributed by atoms with E-state index in [2.05, 4.69) is 28.4 Å². The molecule has 0 spiro atoms. The Balaban J connectivity index is 1.40. The van der Waals surface area contributed by atoms with E-state index in [4.69, 9.17) is 5.73 Å². The number of benzene rings is 1. The van der Waals surface area contributed by atoms with Crippen LogP contribution in [0.1, 0.15) is 23.5 Å². The molecule has 1 aromatic carbocycles. The van der Waals surface area contributed by atoms with Gasteiger partial charge in [-0.2, -0.15) is 0 Å². The summed E-state index contributed by atoms with van der Waals surface area (Å²) in [6, 6.07) is 9.71. The third-order valence-corrected chi connectivity index (χ3v) is 5.76. The summed E-state index contributed by atoms with van der Waals surface area (Å²) >= 11 is 0. The number of hydrogen-bond donors (Lipinski definition) is 1. The van der Waals surface area contributed by atoms with Crippen LogP contribution in [0.4, 0.5) is 4.39 Å². The summed E-state index contributed by atoms with van der Waals surface area (Å²) in [5.74, 6) is -0.135. The van der Waals surface area contributed by atoms with Crippen molar-refractivity contribution in [3.05, 3.63) is 54.0 Å².